The zero-order valence-electron chi connectivity index (χ0n) is 19.6. The normalized spacial score (nSPS) is 10.0. The van der Waals surface area contributed by atoms with Crippen LogP contribution in [-0.4, -0.2) is 24.9 Å². The molecule has 5 N–H and O–H groups in total. The maximum atomic E-state index is 13.3. The number of ether oxygens (including phenoxy) is 1. The average Bonchev–Trinajstić information content (AvgIpc) is 2.85. The molecule has 0 spiro atoms. The lowest BCUT2D eigenvalue weighted by Crippen LogP contribution is -2.24. The van der Waals surface area contributed by atoms with Gasteiger partial charge in [0, 0.05) is 13.0 Å². The third-order valence-electron chi connectivity index (χ3n) is 4.78. The molecule has 0 radical (unpaired) electrons. The van der Waals surface area contributed by atoms with E-state index >= 15 is 0 Å². The number of halogens is 3. The van der Waals surface area contributed by atoms with Gasteiger partial charge in [0.15, 0.2) is 29.2 Å². The molecule has 0 unspecified atom stereocenters. The lowest BCUT2D eigenvalue weighted by Gasteiger charge is -2.08. The van der Waals surface area contributed by atoms with Crippen molar-refractivity contribution in [1.29, 1.82) is 0 Å². The summed E-state index contributed by atoms with van der Waals surface area (Å²) in [4.78, 5) is 26.1. The smallest absolute Gasteiger partial charge is 0.253 e. The lowest BCUT2D eigenvalue weighted by atomic mass is 10.1. The fraction of sp³-hybridized carbons (Fsp3) is 0.192. The summed E-state index contributed by atoms with van der Waals surface area (Å²) in [6.45, 7) is 0.365. The second-order valence-corrected chi connectivity index (χ2v) is 7.59. The van der Waals surface area contributed by atoms with E-state index in [1.54, 1.807) is 12.1 Å². The maximum absolute atomic E-state index is 13.3. The highest BCUT2D eigenvalue weighted by atomic mass is 19.2. The van der Waals surface area contributed by atoms with Crippen LogP contribution in [0.4, 0.5) is 13.2 Å². The number of amides is 2. The Bertz CT molecular complexity index is 1200. The number of guanidine groups is 1. The molecule has 0 saturated heterocycles. The maximum Gasteiger partial charge on any atom is 0.253 e. The number of nitrogens with zero attached hydrogens (tertiary/aromatic N) is 1. The highest BCUT2D eigenvalue weighted by molar-refractivity contribution is 5.92. The fourth-order valence-corrected chi connectivity index (χ4v) is 3.01. The van der Waals surface area contributed by atoms with E-state index < -0.39 is 23.4 Å². The molecule has 0 aliphatic rings. The molecule has 3 aromatic carbocycles. The van der Waals surface area contributed by atoms with Crippen LogP contribution in [0.1, 0.15) is 23.1 Å². The quantitative estimate of drug-likeness (QED) is 0.324. The summed E-state index contributed by atoms with van der Waals surface area (Å²) in [5.41, 5.74) is 12.2. The van der Waals surface area contributed by atoms with Gasteiger partial charge in [-0.2, -0.15) is 4.99 Å². The minimum absolute atomic E-state index is 0.0258. The third-order valence-corrected chi connectivity index (χ3v) is 4.78. The standard InChI is InChI=1S/C17H18FNO2.C9H9F2N3O/c1-21-16-11-14(7-9-15(16)18)12-19-17(20)10-8-13-5-3-2-4-6-13;10-6-2-1-5(3-7(6)11)4-8(15)14-9(12)13/h2-7,9,11H,8,10,12H2,1H3,(H,19,20);1-3H,4H2,(H4,12,13,14,15). The number of hydrogen-bond donors (Lipinski definition) is 3. The number of carbonyl (C=O) groups excluding carboxylic acids is 2. The Morgan fingerprint density at radius 3 is 2.17 bits per heavy atom. The molecular formula is C26H27F3N4O3. The molecule has 0 heterocycles. The zero-order chi connectivity index (χ0) is 26.5. The van der Waals surface area contributed by atoms with Crippen LogP contribution in [0.5, 0.6) is 5.75 Å². The van der Waals surface area contributed by atoms with Gasteiger partial charge in [0.05, 0.1) is 13.5 Å². The van der Waals surface area contributed by atoms with Crippen molar-refractivity contribution >= 4 is 17.8 Å². The molecule has 3 rings (SSSR count). The zero-order valence-corrected chi connectivity index (χ0v) is 19.6. The monoisotopic (exact) mass is 500 g/mol. The molecule has 0 aliphatic heterocycles. The molecule has 0 atom stereocenters. The Hall–Kier alpha value is -4.34. The number of methoxy groups -OCH3 is 1. The molecule has 190 valence electrons. The first-order valence-electron chi connectivity index (χ1n) is 10.9. The number of carbonyl (C=O) groups is 2. The van der Waals surface area contributed by atoms with E-state index in [1.165, 1.54) is 19.2 Å². The number of nitrogens with two attached hydrogens (primary N) is 2. The number of nitrogens with one attached hydrogen (secondary N) is 1. The van der Waals surface area contributed by atoms with Gasteiger partial charge in [-0.25, -0.2) is 13.2 Å². The Morgan fingerprint density at radius 2 is 1.53 bits per heavy atom. The van der Waals surface area contributed by atoms with Gasteiger partial charge >= 0.3 is 0 Å². The highest BCUT2D eigenvalue weighted by Crippen LogP contribution is 2.18. The van der Waals surface area contributed by atoms with Crippen LogP contribution in [0.25, 0.3) is 0 Å². The van der Waals surface area contributed by atoms with Gasteiger partial charge < -0.3 is 21.5 Å². The molecule has 3 aromatic rings. The lowest BCUT2D eigenvalue weighted by molar-refractivity contribution is -0.121. The van der Waals surface area contributed by atoms with Crippen LogP contribution in [0.2, 0.25) is 0 Å². The third kappa shape index (κ3) is 9.88. The number of hydrogen-bond acceptors (Lipinski definition) is 3. The van der Waals surface area contributed by atoms with Crippen LogP contribution in [0.3, 0.4) is 0 Å². The summed E-state index contributed by atoms with van der Waals surface area (Å²) in [6, 6.07) is 17.6. The van der Waals surface area contributed by atoms with Crippen molar-refractivity contribution in [3.63, 3.8) is 0 Å². The topological polar surface area (TPSA) is 120 Å². The largest absolute Gasteiger partial charge is 0.494 e. The molecule has 0 fully saturated rings. The SMILES string of the molecule is COc1cc(CNC(=O)CCc2ccccc2)ccc1F.NC(N)=NC(=O)Cc1ccc(F)c(F)c1. The van der Waals surface area contributed by atoms with E-state index in [2.05, 4.69) is 10.3 Å². The van der Waals surface area contributed by atoms with E-state index in [9.17, 15) is 22.8 Å². The summed E-state index contributed by atoms with van der Waals surface area (Å²) in [5, 5.41) is 2.82. The molecule has 0 saturated carbocycles. The van der Waals surface area contributed by atoms with Gasteiger partial charge in [-0.05, 0) is 47.4 Å². The first-order valence-corrected chi connectivity index (χ1v) is 10.9. The molecule has 10 heteroatoms. The van der Waals surface area contributed by atoms with Crippen molar-refractivity contribution in [2.45, 2.75) is 25.8 Å². The number of aryl methyl sites for hydroxylation is 1. The summed E-state index contributed by atoms with van der Waals surface area (Å²) < 4.78 is 43.4. The second kappa shape index (κ2) is 14.1. The Labute approximate surface area is 207 Å². The van der Waals surface area contributed by atoms with Crippen molar-refractivity contribution in [3.8, 4) is 5.75 Å². The average molecular weight is 501 g/mol. The second-order valence-electron chi connectivity index (χ2n) is 7.59. The van der Waals surface area contributed by atoms with Crippen LogP contribution in [0, 0.1) is 17.5 Å². The molecule has 0 aliphatic carbocycles. The summed E-state index contributed by atoms with van der Waals surface area (Å²) >= 11 is 0. The van der Waals surface area contributed by atoms with Gasteiger partial charge in [-0.15, -0.1) is 0 Å². The van der Waals surface area contributed by atoms with Gasteiger partial charge in [-0.3, -0.25) is 9.59 Å². The predicted octanol–water partition coefficient (Wildman–Crippen LogP) is 3.39. The van der Waals surface area contributed by atoms with Gasteiger partial charge in [-0.1, -0.05) is 42.5 Å². The summed E-state index contributed by atoms with van der Waals surface area (Å²) in [5.74, 6) is -3.19. The molecular weight excluding hydrogens is 473 g/mol. The minimum atomic E-state index is -1.01. The van der Waals surface area contributed by atoms with E-state index in [0.717, 1.165) is 23.3 Å². The van der Waals surface area contributed by atoms with E-state index in [0.29, 0.717) is 24.9 Å². The first-order chi connectivity index (χ1) is 17.2. The van der Waals surface area contributed by atoms with Crippen molar-refractivity contribution in [3.05, 3.63) is 101 Å². The number of rotatable bonds is 8. The molecule has 36 heavy (non-hydrogen) atoms. The van der Waals surface area contributed by atoms with Crippen molar-refractivity contribution in [1.82, 2.24) is 5.32 Å². The molecule has 7 nitrogen and oxygen atoms in total. The Morgan fingerprint density at radius 1 is 0.861 bits per heavy atom. The van der Waals surface area contributed by atoms with E-state index in [4.69, 9.17) is 16.2 Å². The molecule has 0 bridgehead atoms. The van der Waals surface area contributed by atoms with Crippen LogP contribution < -0.4 is 21.5 Å². The van der Waals surface area contributed by atoms with Crippen LogP contribution >= 0.6 is 0 Å². The Balaban J connectivity index is 0.000000269. The number of benzene rings is 3. The molecule has 2 amide bonds. The van der Waals surface area contributed by atoms with Crippen LogP contribution in [-0.2, 0) is 29.0 Å². The van der Waals surface area contributed by atoms with Crippen molar-refractivity contribution in [2.75, 3.05) is 7.11 Å². The van der Waals surface area contributed by atoms with E-state index in [-0.39, 0.29) is 24.0 Å². The highest BCUT2D eigenvalue weighted by Gasteiger charge is 2.07. The van der Waals surface area contributed by atoms with E-state index in [1.807, 2.05) is 30.3 Å². The van der Waals surface area contributed by atoms with Gasteiger partial charge in [0.1, 0.15) is 0 Å². The number of aliphatic imine (C=N–C) groups is 1. The summed E-state index contributed by atoms with van der Waals surface area (Å²) in [7, 11) is 1.42. The van der Waals surface area contributed by atoms with Crippen molar-refractivity contribution in [2.24, 2.45) is 16.5 Å². The van der Waals surface area contributed by atoms with Crippen LogP contribution in [0.15, 0.2) is 71.7 Å². The Kier molecular flexibility index (Phi) is 11.0. The predicted molar refractivity (Wildman–Crippen MR) is 130 cm³/mol. The molecule has 0 aromatic heterocycles. The summed E-state index contributed by atoms with van der Waals surface area (Å²) in [6.07, 6.45) is 0.969. The minimum Gasteiger partial charge on any atom is -0.494 e. The van der Waals surface area contributed by atoms with Crippen molar-refractivity contribution < 1.29 is 27.5 Å². The van der Waals surface area contributed by atoms with Gasteiger partial charge in [0.2, 0.25) is 5.91 Å². The fourth-order valence-electron chi connectivity index (χ4n) is 3.01. The first kappa shape index (κ1) is 27.9. The van der Waals surface area contributed by atoms with Gasteiger partial charge in [0.25, 0.3) is 5.91 Å².